The monoisotopic (exact) mass is 307 g/mol. The Morgan fingerprint density at radius 3 is 2.70 bits per heavy atom. The molecule has 3 aromatic rings. The Kier molecular flexibility index (Phi) is 3.31. The molecule has 6 heteroatoms. The van der Waals surface area contributed by atoms with E-state index in [9.17, 15) is 4.79 Å². The van der Waals surface area contributed by atoms with Crippen molar-refractivity contribution < 1.29 is 4.79 Å². The number of nitrogens with one attached hydrogen (secondary N) is 1. The lowest BCUT2D eigenvalue weighted by Crippen LogP contribution is -2.15. The number of benzene rings is 1. The molecule has 1 aliphatic rings. The van der Waals surface area contributed by atoms with E-state index in [0.717, 1.165) is 17.8 Å². The number of carbonyl (C=O) groups is 1. The first-order chi connectivity index (χ1) is 11.2. The molecule has 0 atom stereocenters. The quantitative estimate of drug-likeness (QED) is 0.752. The number of amides is 1. The normalized spacial score (nSPS) is 14.3. The summed E-state index contributed by atoms with van der Waals surface area (Å²) < 4.78 is 1.65. The zero-order valence-corrected chi connectivity index (χ0v) is 12.6. The summed E-state index contributed by atoms with van der Waals surface area (Å²) in [5, 5.41) is 7.71. The van der Waals surface area contributed by atoms with Crippen molar-refractivity contribution in [2.45, 2.75) is 25.4 Å². The standard InChI is InChI=1S/C17H17N5O/c18-16(23)14-7-8-15(22-17(14)20-10-21-22)12-3-1-11(2-4-12)9-19-13-5-6-13/h1-4,7-8,10,13,19H,5-6,9H2,(H2,18,23). The number of aromatic nitrogens is 3. The summed E-state index contributed by atoms with van der Waals surface area (Å²) >= 11 is 0. The minimum atomic E-state index is -0.504. The van der Waals surface area contributed by atoms with E-state index < -0.39 is 5.91 Å². The van der Waals surface area contributed by atoms with E-state index in [-0.39, 0.29) is 0 Å². The summed E-state index contributed by atoms with van der Waals surface area (Å²) in [6.45, 7) is 0.893. The summed E-state index contributed by atoms with van der Waals surface area (Å²) in [7, 11) is 0. The SMILES string of the molecule is NC(=O)c1ccc(-c2ccc(CNC3CC3)cc2)n2ncnc12. The minimum absolute atomic E-state index is 0.372. The highest BCUT2D eigenvalue weighted by Gasteiger charge is 2.20. The van der Waals surface area contributed by atoms with E-state index in [1.54, 1.807) is 10.6 Å². The fourth-order valence-electron chi connectivity index (χ4n) is 2.66. The smallest absolute Gasteiger partial charge is 0.252 e. The van der Waals surface area contributed by atoms with Crippen molar-refractivity contribution in [1.29, 1.82) is 0 Å². The van der Waals surface area contributed by atoms with Crippen LogP contribution in [0.15, 0.2) is 42.7 Å². The van der Waals surface area contributed by atoms with Crippen molar-refractivity contribution in [2.75, 3.05) is 0 Å². The first-order valence-electron chi connectivity index (χ1n) is 7.67. The van der Waals surface area contributed by atoms with Crippen LogP contribution in [0.5, 0.6) is 0 Å². The van der Waals surface area contributed by atoms with Gasteiger partial charge in [0.05, 0.1) is 11.3 Å². The van der Waals surface area contributed by atoms with Crippen LogP contribution in [0.1, 0.15) is 28.8 Å². The summed E-state index contributed by atoms with van der Waals surface area (Å²) in [4.78, 5) is 15.6. The molecular weight excluding hydrogens is 290 g/mol. The second kappa shape index (κ2) is 5.48. The number of carbonyl (C=O) groups excluding carboxylic acids is 1. The maximum atomic E-state index is 11.5. The lowest BCUT2D eigenvalue weighted by Gasteiger charge is -2.08. The molecule has 0 unspecified atom stereocenters. The number of nitrogens with two attached hydrogens (primary N) is 1. The van der Waals surface area contributed by atoms with E-state index in [0.29, 0.717) is 17.3 Å². The Balaban J connectivity index is 1.67. The van der Waals surface area contributed by atoms with Crippen molar-refractivity contribution in [3.05, 3.63) is 53.9 Å². The number of fused-ring (bicyclic) bond motifs is 1. The van der Waals surface area contributed by atoms with E-state index in [4.69, 9.17) is 5.73 Å². The third kappa shape index (κ3) is 2.68. The molecular formula is C17H17N5O. The molecule has 0 spiro atoms. The highest BCUT2D eigenvalue weighted by molar-refractivity contribution is 5.99. The molecule has 0 bridgehead atoms. The van der Waals surface area contributed by atoms with Gasteiger partial charge in [0.15, 0.2) is 5.65 Å². The van der Waals surface area contributed by atoms with E-state index >= 15 is 0 Å². The molecule has 6 nitrogen and oxygen atoms in total. The van der Waals surface area contributed by atoms with E-state index in [1.807, 2.05) is 6.07 Å². The van der Waals surface area contributed by atoms with Crippen LogP contribution in [-0.2, 0) is 6.54 Å². The van der Waals surface area contributed by atoms with Gasteiger partial charge in [0, 0.05) is 18.2 Å². The van der Waals surface area contributed by atoms with Crippen LogP contribution >= 0.6 is 0 Å². The molecule has 0 aliphatic heterocycles. The van der Waals surface area contributed by atoms with Gasteiger partial charge in [0.2, 0.25) is 0 Å². The number of hydrogen-bond donors (Lipinski definition) is 2. The van der Waals surface area contributed by atoms with Crippen LogP contribution in [0.4, 0.5) is 0 Å². The molecule has 4 rings (SSSR count). The predicted octanol–water partition coefficient (Wildman–Crippen LogP) is 1.75. The predicted molar refractivity (Wildman–Crippen MR) is 86.8 cm³/mol. The second-order valence-electron chi connectivity index (χ2n) is 5.84. The number of hydrogen-bond acceptors (Lipinski definition) is 4. The zero-order chi connectivity index (χ0) is 15.8. The molecule has 2 heterocycles. The van der Waals surface area contributed by atoms with Crippen molar-refractivity contribution in [3.63, 3.8) is 0 Å². The Morgan fingerprint density at radius 2 is 2.00 bits per heavy atom. The highest BCUT2D eigenvalue weighted by Crippen LogP contribution is 2.23. The summed E-state index contributed by atoms with van der Waals surface area (Å²) in [5.41, 5.74) is 9.39. The van der Waals surface area contributed by atoms with Gasteiger partial charge in [-0.15, -0.1) is 0 Å². The second-order valence-corrected chi connectivity index (χ2v) is 5.84. The number of nitrogens with zero attached hydrogens (tertiary/aromatic N) is 3. The van der Waals surface area contributed by atoms with Crippen LogP contribution in [0.3, 0.4) is 0 Å². The Morgan fingerprint density at radius 1 is 1.22 bits per heavy atom. The van der Waals surface area contributed by atoms with Gasteiger partial charge in [-0.25, -0.2) is 9.50 Å². The summed E-state index contributed by atoms with van der Waals surface area (Å²) in [5.74, 6) is -0.504. The van der Waals surface area contributed by atoms with Gasteiger partial charge >= 0.3 is 0 Å². The van der Waals surface area contributed by atoms with Gasteiger partial charge in [0.1, 0.15) is 6.33 Å². The summed E-state index contributed by atoms with van der Waals surface area (Å²) in [6.07, 6.45) is 4.00. The van der Waals surface area contributed by atoms with Gasteiger partial charge in [-0.05, 0) is 30.5 Å². The van der Waals surface area contributed by atoms with Gasteiger partial charge in [-0.3, -0.25) is 4.79 Å². The van der Waals surface area contributed by atoms with Crippen molar-refractivity contribution in [3.8, 4) is 11.3 Å². The average molecular weight is 307 g/mol. The van der Waals surface area contributed by atoms with Gasteiger partial charge in [-0.2, -0.15) is 5.10 Å². The van der Waals surface area contributed by atoms with Crippen LogP contribution in [0.2, 0.25) is 0 Å². The number of primary amides is 1. The molecule has 0 radical (unpaired) electrons. The first-order valence-corrected chi connectivity index (χ1v) is 7.67. The van der Waals surface area contributed by atoms with E-state index in [1.165, 1.54) is 24.7 Å². The lowest BCUT2D eigenvalue weighted by molar-refractivity contribution is 0.100. The molecule has 1 aliphatic carbocycles. The Bertz CT molecular complexity index is 864. The van der Waals surface area contributed by atoms with E-state index in [2.05, 4.69) is 39.7 Å². The topological polar surface area (TPSA) is 85.3 Å². The third-order valence-electron chi connectivity index (χ3n) is 4.11. The molecule has 3 N–H and O–H groups in total. The Hall–Kier alpha value is -2.73. The zero-order valence-electron chi connectivity index (χ0n) is 12.6. The molecule has 116 valence electrons. The molecule has 23 heavy (non-hydrogen) atoms. The van der Waals surface area contributed by atoms with Crippen molar-refractivity contribution in [1.82, 2.24) is 19.9 Å². The fourth-order valence-corrected chi connectivity index (χ4v) is 2.66. The van der Waals surface area contributed by atoms with Gasteiger partial charge in [0.25, 0.3) is 5.91 Å². The molecule has 0 saturated heterocycles. The fraction of sp³-hybridized carbons (Fsp3) is 0.235. The van der Waals surface area contributed by atoms with Crippen molar-refractivity contribution in [2.24, 2.45) is 5.73 Å². The summed E-state index contributed by atoms with van der Waals surface area (Å²) in [6, 6.07) is 12.6. The van der Waals surface area contributed by atoms with Crippen LogP contribution in [0, 0.1) is 0 Å². The average Bonchev–Trinajstić information content (AvgIpc) is 3.26. The largest absolute Gasteiger partial charge is 0.365 e. The maximum Gasteiger partial charge on any atom is 0.252 e. The highest BCUT2D eigenvalue weighted by atomic mass is 16.1. The third-order valence-corrected chi connectivity index (χ3v) is 4.11. The maximum absolute atomic E-state index is 11.5. The molecule has 1 aromatic carbocycles. The number of rotatable bonds is 5. The molecule has 1 amide bonds. The molecule has 1 saturated carbocycles. The molecule has 1 fully saturated rings. The van der Waals surface area contributed by atoms with Crippen LogP contribution < -0.4 is 11.1 Å². The van der Waals surface area contributed by atoms with Crippen molar-refractivity contribution >= 4 is 11.6 Å². The molecule has 2 aromatic heterocycles. The minimum Gasteiger partial charge on any atom is -0.365 e. The van der Waals surface area contributed by atoms with Crippen LogP contribution in [-0.4, -0.2) is 26.5 Å². The van der Waals surface area contributed by atoms with Crippen LogP contribution in [0.25, 0.3) is 16.9 Å². The lowest BCUT2D eigenvalue weighted by atomic mass is 10.1. The van der Waals surface area contributed by atoms with Gasteiger partial charge < -0.3 is 11.1 Å². The van der Waals surface area contributed by atoms with Gasteiger partial charge in [-0.1, -0.05) is 24.3 Å². The first kappa shape index (κ1) is 13.9. The number of pyridine rings is 1. The Labute approximate surface area is 133 Å².